The van der Waals surface area contributed by atoms with Crippen molar-refractivity contribution in [3.8, 4) is 0 Å². The molecule has 6 heteroatoms. The number of aliphatic hydroxyl groups is 1. The van der Waals surface area contributed by atoms with Gasteiger partial charge in [0.1, 0.15) is 0 Å². The van der Waals surface area contributed by atoms with Gasteiger partial charge >= 0.3 is 0 Å². The maximum Gasteiger partial charge on any atom is 0.269 e. The quantitative estimate of drug-likeness (QED) is 0.608. The molecule has 1 aromatic rings. The summed E-state index contributed by atoms with van der Waals surface area (Å²) in [4.78, 5) is 10.1. The Morgan fingerprint density at radius 2 is 2.19 bits per heavy atom. The molecular formula is C10H11ClN2O3. The Bertz CT molecular complexity index is 444. The number of rotatable bonds is 2. The summed E-state index contributed by atoms with van der Waals surface area (Å²) in [6, 6.07) is 4.19. The third-order valence-corrected chi connectivity index (χ3v) is 3.23. The summed E-state index contributed by atoms with van der Waals surface area (Å²) in [5.41, 5.74) is 5.78. The summed E-state index contributed by atoms with van der Waals surface area (Å²) in [6.07, 6.45) is 0.322. The average Bonchev–Trinajstić information content (AvgIpc) is 2.15. The third kappa shape index (κ3) is 1.77. The highest BCUT2D eigenvalue weighted by atomic mass is 35.5. The highest BCUT2D eigenvalue weighted by molar-refractivity contribution is 6.31. The largest absolute Gasteiger partial charge is 0.393 e. The molecule has 2 rings (SSSR count). The van der Waals surface area contributed by atoms with Crippen molar-refractivity contribution in [2.24, 2.45) is 5.73 Å². The zero-order chi connectivity index (χ0) is 11.9. The molecule has 0 bridgehead atoms. The number of halogens is 1. The minimum atomic E-state index is -0.734. The van der Waals surface area contributed by atoms with Crippen molar-refractivity contribution >= 4 is 17.3 Å². The summed E-state index contributed by atoms with van der Waals surface area (Å²) >= 11 is 5.96. The van der Waals surface area contributed by atoms with Crippen LogP contribution in [0.2, 0.25) is 5.02 Å². The third-order valence-electron chi connectivity index (χ3n) is 2.90. The molecule has 1 aliphatic carbocycles. The molecule has 5 nitrogen and oxygen atoms in total. The molecule has 1 fully saturated rings. The molecule has 16 heavy (non-hydrogen) atoms. The Hall–Kier alpha value is -1.17. The van der Waals surface area contributed by atoms with Crippen molar-refractivity contribution < 1.29 is 10.0 Å². The smallest absolute Gasteiger partial charge is 0.269 e. The molecule has 1 saturated carbocycles. The van der Waals surface area contributed by atoms with E-state index in [1.807, 2.05) is 0 Å². The van der Waals surface area contributed by atoms with Crippen LogP contribution in [0.25, 0.3) is 0 Å². The van der Waals surface area contributed by atoms with Crippen LogP contribution in [0.5, 0.6) is 0 Å². The first-order chi connectivity index (χ1) is 7.42. The molecule has 0 spiro atoms. The van der Waals surface area contributed by atoms with E-state index >= 15 is 0 Å². The monoisotopic (exact) mass is 242 g/mol. The van der Waals surface area contributed by atoms with Crippen molar-refractivity contribution in [2.75, 3.05) is 0 Å². The number of nitrogens with zero attached hydrogens (tertiary/aromatic N) is 1. The molecule has 0 heterocycles. The summed E-state index contributed by atoms with van der Waals surface area (Å²) in [7, 11) is 0. The van der Waals surface area contributed by atoms with Gasteiger partial charge in [0, 0.05) is 22.7 Å². The van der Waals surface area contributed by atoms with E-state index in [9.17, 15) is 15.2 Å². The Labute approximate surface area is 97.0 Å². The summed E-state index contributed by atoms with van der Waals surface area (Å²) < 4.78 is 0. The Morgan fingerprint density at radius 3 is 2.69 bits per heavy atom. The number of hydrogen-bond donors (Lipinski definition) is 2. The van der Waals surface area contributed by atoms with Gasteiger partial charge in [0.2, 0.25) is 0 Å². The molecule has 0 amide bonds. The number of aliphatic hydroxyl groups excluding tert-OH is 1. The molecule has 0 aromatic heterocycles. The predicted molar refractivity (Wildman–Crippen MR) is 59.2 cm³/mol. The second-order valence-corrected chi connectivity index (χ2v) is 4.55. The van der Waals surface area contributed by atoms with E-state index in [0.717, 1.165) is 0 Å². The van der Waals surface area contributed by atoms with Crippen LogP contribution in [0.4, 0.5) is 5.69 Å². The fourth-order valence-electron chi connectivity index (χ4n) is 2.01. The SMILES string of the molecule is NC1(c2cc([N+](=O)[O-])ccc2Cl)CC(O)C1. The molecule has 86 valence electrons. The number of nitro groups is 1. The fourth-order valence-corrected chi connectivity index (χ4v) is 2.32. The van der Waals surface area contributed by atoms with Crippen LogP contribution < -0.4 is 5.73 Å². The lowest BCUT2D eigenvalue weighted by atomic mass is 9.70. The van der Waals surface area contributed by atoms with Gasteiger partial charge in [-0.05, 0) is 24.5 Å². The topological polar surface area (TPSA) is 89.4 Å². The van der Waals surface area contributed by atoms with E-state index in [0.29, 0.717) is 23.4 Å². The van der Waals surface area contributed by atoms with Gasteiger partial charge in [-0.15, -0.1) is 0 Å². The minimum absolute atomic E-state index is 0.0365. The van der Waals surface area contributed by atoms with Gasteiger partial charge in [0.15, 0.2) is 0 Å². The molecule has 3 N–H and O–H groups in total. The summed E-state index contributed by atoms with van der Waals surface area (Å²) in [5.74, 6) is 0. The molecular weight excluding hydrogens is 232 g/mol. The van der Waals surface area contributed by atoms with Crippen LogP contribution in [0.15, 0.2) is 18.2 Å². The van der Waals surface area contributed by atoms with Gasteiger partial charge in [0.25, 0.3) is 5.69 Å². The standard InChI is InChI=1S/C10H11ClN2O3/c11-9-2-1-6(13(15)16)3-8(9)10(12)4-7(14)5-10/h1-3,7,14H,4-5,12H2. The number of nitro benzene ring substituents is 1. The van der Waals surface area contributed by atoms with E-state index in [2.05, 4.69) is 0 Å². The first kappa shape index (κ1) is 11.3. The predicted octanol–water partition coefficient (Wildman–Crippen LogP) is 1.56. The first-order valence-corrected chi connectivity index (χ1v) is 5.21. The van der Waals surface area contributed by atoms with Crippen molar-refractivity contribution in [3.63, 3.8) is 0 Å². The van der Waals surface area contributed by atoms with Crippen molar-refractivity contribution in [1.82, 2.24) is 0 Å². The first-order valence-electron chi connectivity index (χ1n) is 4.84. The molecule has 0 aliphatic heterocycles. The normalized spacial score (nSPS) is 28.6. The molecule has 0 radical (unpaired) electrons. The number of benzene rings is 1. The molecule has 0 unspecified atom stereocenters. The Morgan fingerprint density at radius 1 is 1.56 bits per heavy atom. The summed E-state index contributed by atoms with van der Waals surface area (Å²) in [5, 5.41) is 20.3. The molecule has 0 atom stereocenters. The van der Waals surface area contributed by atoms with E-state index in [1.54, 1.807) is 0 Å². The van der Waals surface area contributed by atoms with Crippen LogP contribution in [0, 0.1) is 10.1 Å². The van der Waals surface area contributed by atoms with Crippen molar-refractivity contribution in [3.05, 3.63) is 38.9 Å². The van der Waals surface area contributed by atoms with Crippen LogP contribution in [0.3, 0.4) is 0 Å². The number of non-ortho nitro benzene ring substituents is 1. The Balaban J connectivity index is 2.40. The van der Waals surface area contributed by atoms with Gasteiger partial charge in [-0.3, -0.25) is 10.1 Å². The fraction of sp³-hybridized carbons (Fsp3) is 0.400. The van der Waals surface area contributed by atoms with E-state index in [4.69, 9.17) is 17.3 Å². The average molecular weight is 243 g/mol. The highest BCUT2D eigenvalue weighted by Gasteiger charge is 2.43. The Kier molecular flexibility index (Phi) is 2.61. The lowest BCUT2D eigenvalue weighted by Crippen LogP contribution is -2.51. The van der Waals surface area contributed by atoms with Crippen LogP contribution >= 0.6 is 11.6 Å². The van der Waals surface area contributed by atoms with Gasteiger partial charge in [-0.1, -0.05) is 11.6 Å². The van der Waals surface area contributed by atoms with Gasteiger partial charge in [-0.2, -0.15) is 0 Å². The van der Waals surface area contributed by atoms with E-state index < -0.39 is 16.6 Å². The number of nitrogens with two attached hydrogens (primary N) is 1. The zero-order valence-electron chi connectivity index (χ0n) is 8.39. The summed E-state index contributed by atoms with van der Waals surface area (Å²) in [6.45, 7) is 0. The zero-order valence-corrected chi connectivity index (χ0v) is 9.15. The minimum Gasteiger partial charge on any atom is -0.393 e. The molecule has 0 saturated heterocycles. The van der Waals surface area contributed by atoms with Crippen LogP contribution in [-0.2, 0) is 5.54 Å². The lowest BCUT2D eigenvalue weighted by Gasteiger charge is -2.42. The second kappa shape index (κ2) is 3.69. The maximum absolute atomic E-state index is 10.6. The lowest BCUT2D eigenvalue weighted by molar-refractivity contribution is -0.385. The molecule has 1 aromatic carbocycles. The second-order valence-electron chi connectivity index (χ2n) is 4.14. The van der Waals surface area contributed by atoms with Crippen LogP contribution in [0.1, 0.15) is 18.4 Å². The van der Waals surface area contributed by atoms with Crippen molar-refractivity contribution in [2.45, 2.75) is 24.5 Å². The van der Waals surface area contributed by atoms with Gasteiger partial charge in [-0.25, -0.2) is 0 Å². The van der Waals surface area contributed by atoms with Gasteiger partial charge in [0.05, 0.1) is 11.0 Å². The molecule has 1 aliphatic rings. The van der Waals surface area contributed by atoms with E-state index in [-0.39, 0.29) is 5.69 Å². The highest BCUT2D eigenvalue weighted by Crippen LogP contribution is 2.42. The number of hydrogen-bond acceptors (Lipinski definition) is 4. The van der Waals surface area contributed by atoms with Crippen molar-refractivity contribution in [1.29, 1.82) is 0 Å². The van der Waals surface area contributed by atoms with Gasteiger partial charge < -0.3 is 10.8 Å². The van der Waals surface area contributed by atoms with E-state index in [1.165, 1.54) is 18.2 Å². The van der Waals surface area contributed by atoms with Crippen LogP contribution in [-0.4, -0.2) is 16.1 Å². The maximum atomic E-state index is 10.6.